The summed E-state index contributed by atoms with van der Waals surface area (Å²) in [5.41, 5.74) is 3.66. The first-order valence-corrected chi connectivity index (χ1v) is 9.43. The summed E-state index contributed by atoms with van der Waals surface area (Å²) in [5, 5.41) is 2.84. The van der Waals surface area contributed by atoms with Gasteiger partial charge in [-0.1, -0.05) is 30.3 Å². The smallest absolute Gasteiger partial charge is 0.287 e. The average molecular weight is 425 g/mol. The van der Waals surface area contributed by atoms with Crippen LogP contribution in [0, 0.1) is 0 Å². The van der Waals surface area contributed by atoms with E-state index in [4.69, 9.17) is 4.42 Å². The zero-order valence-electron chi connectivity index (χ0n) is 14.4. The largest absolute Gasteiger partial charge is 0.444 e. The normalized spacial score (nSPS) is 12.7. The number of halogens is 1. The van der Waals surface area contributed by atoms with Crippen molar-refractivity contribution in [3.63, 3.8) is 0 Å². The summed E-state index contributed by atoms with van der Waals surface area (Å²) < 4.78 is 5.77. The monoisotopic (exact) mass is 424 g/mol. The van der Waals surface area contributed by atoms with Crippen molar-refractivity contribution in [1.29, 1.82) is 0 Å². The van der Waals surface area contributed by atoms with Gasteiger partial charge in [0.25, 0.3) is 11.8 Å². The Balaban J connectivity index is 1.49. The predicted molar refractivity (Wildman–Crippen MR) is 106 cm³/mol. The van der Waals surface area contributed by atoms with E-state index in [0.717, 1.165) is 23.2 Å². The minimum absolute atomic E-state index is 0.00373. The number of nitrogens with zero attached hydrogens (tertiary/aromatic N) is 1. The molecule has 0 saturated heterocycles. The van der Waals surface area contributed by atoms with Gasteiger partial charge in [-0.25, -0.2) is 0 Å². The summed E-state index contributed by atoms with van der Waals surface area (Å²) >= 11 is 3.19. The second-order valence-electron chi connectivity index (χ2n) is 6.32. The predicted octanol–water partition coefficient (Wildman–Crippen LogP) is 4.18. The molecule has 0 bridgehead atoms. The molecule has 2 amide bonds. The Morgan fingerprint density at radius 1 is 1.07 bits per heavy atom. The van der Waals surface area contributed by atoms with Gasteiger partial charge >= 0.3 is 0 Å². The van der Waals surface area contributed by atoms with Gasteiger partial charge in [0.1, 0.15) is 0 Å². The quantitative estimate of drug-likeness (QED) is 0.683. The number of anilines is 1. The van der Waals surface area contributed by atoms with Crippen LogP contribution in [0.15, 0.2) is 69.8 Å². The Hall–Kier alpha value is -2.86. The lowest BCUT2D eigenvalue weighted by Gasteiger charge is -2.18. The number of benzene rings is 2. The maximum atomic E-state index is 12.8. The number of fused-ring (bicyclic) bond motifs is 1. The Kier molecular flexibility index (Phi) is 4.81. The first-order valence-electron chi connectivity index (χ1n) is 8.64. The van der Waals surface area contributed by atoms with E-state index >= 15 is 0 Å². The molecule has 1 N–H and O–H groups in total. The maximum Gasteiger partial charge on any atom is 0.287 e. The number of hydrogen-bond donors (Lipinski definition) is 1. The summed E-state index contributed by atoms with van der Waals surface area (Å²) in [6.45, 7) is 1.02. The van der Waals surface area contributed by atoms with Crippen LogP contribution < -0.4 is 10.2 Å². The number of hydrogen-bond acceptors (Lipinski definition) is 3. The van der Waals surface area contributed by atoms with Gasteiger partial charge in [-0.15, -0.1) is 0 Å². The van der Waals surface area contributed by atoms with Crippen molar-refractivity contribution in [3.05, 3.63) is 87.8 Å². The highest BCUT2D eigenvalue weighted by Crippen LogP contribution is 2.30. The molecule has 27 heavy (non-hydrogen) atoms. The molecule has 0 atom stereocenters. The van der Waals surface area contributed by atoms with Crippen LogP contribution in [-0.2, 0) is 13.0 Å². The van der Waals surface area contributed by atoms with E-state index in [-0.39, 0.29) is 17.6 Å². The van der Waals surface area contributed by atoms with Gasteiger partial charge in [0, 0.05) is 24.3 Å². The van der Waals surface area contributed by atoms with Gasteiger partial charge in [0.2, 0.25) is 0 Å². The van der Waals surface area contributed by atoms with Crippen LogP contribution in [0.5, 0.6) is 0 Å². The van der Waals surface area contributed by atoms with E-state index in [9.17, 15) is 9.59 Å². The van der Waals surface area contributed by atoms with Crippen molar-refractivity contribution in [1.82, 2.24) is 5.32 Å². The molecular formula is C21H17BrN2O3. The Labute approximate surface area is 165 Å². The Morgan fingerprint density at radius 3 is 2.63 bits per heavy atom. The summed E-state index contributed by atoms with van der Waals surface area (Å²) in [6, 6.07) is 18.5. The highest BCUT2D eigenvalue weighted by Gasteiger charge is 2.25. The zero-order chi connectivity index (χ0) is 18.8. The lowest BCUT2D eigenvalue weighted by Crippen LogP contribution is -2.29. The third-order valence-corrected chi connectivity index (χ3v) is 4.99. The fourth-order valence-corrected chi connectivity index (χ4v) is 3.49. The van der Waals surface area contributed by atoms with E-state index < -0.39 is 0 Å². The second kappa shape index (κ2) is 7.40. The molecule has 4 rings (SSSR count). The molecule has 1 aromatic heterocycles. The van der Waals surface area contributed by atoms with Crippen molar-refractivity contribution in [2.45, 2.75) is 13.0 Å². The van der Waals surface area contributed by atoms with Crippen LogP contribution in [0.4, 0.5) is 5.69 Å². The second-order valence-corrected chi connectivity index (χ2v) is 7.10. The topological polar surface area (TPSA) is 62.6 Å². The first kappa shape index (κ1) is 17.5. The van der Waals surface area contributed by atoms with E-state index in [0.29, 0.717) is 23.3 Å². The molecule has 0 radical (unpaired) electrons. The first-order chi connectivity index (χ1) is 13.1. The molecule has 1 aliphatic heterocycles. The Bertz CT molecular complexity index is 998. The molecule has 0 unspecified atom stereocenters. The van der Waals surface area contributed by atoms with Crippen molar-refractivity contribution in [3.8, 4) is 0 Å². The van der Waals surface area contributed by atoms with Gasteiger partial charge in [-0.2, -0.15) is 0 Å². The molecule has 3 aromatic rings. The van der Waals surface area contributed by atoms with Crippen LogP contribution in [0.1, 0.15) is 32.0 Å². The number of amides is 2. The summed E-state index contributed by atoms with van der Waals surface area (Å²) in [6.07, 6.45) is 0.834. The molecule has 2 aromatic carbocycles. The number of carbonyl (C=O) groups excluding carboxylic acids is 2. The summed E-state index contributed by atoms with van der Waals surface area (Å²) in [5.74, 6) is -0.0293. The number of rotatable bonds is 4. The fraction of sp³-hybridized carbons (Fsp3) is 0.143. The van der Waals surface area contributed by atoms with Crippen LogP contribution in [-0.4, -0.2) is 18.4 Å². The van der Waals surface area contributed by atoms with Crippen molar-refractivity contribution < 1.29 is 14.0 Å². The van der Waals surface area contributed by atoms with Crippen LogP contribution >= 0.6 is 15.9 Å². The molecule has 0 fully saturated rings. The number of carbonyl (C=O) groups is 2. The average Bonchev–Trinajstić information content (AvgIpc) is 3.32. The van der Waals surface area contributed by atoms with E-state index in [2.05, 4.69) is 21.2 Å². The fourth-order valence-electron chi connectivity index (χ4n) is 3.19. The molecule has 0 saturated carbocycles. The molecule has 136 valence electrons. The molecule has 5 nitrogen and oxygen atoms in total. The number of nitrogens with one attached hydrogen (secondary N) is 1. The van der Waals surface area contributed by atoms with Gasteiger partial charge in [0.05, 0.1) is 0 Å². The van der Waals surface area contributed by atoms with Crippen LogP contribution in [0.2, 0.25) is 0 Å². The molecule has 0 aliphatic carbocycles. The highest BCUT2D eigenvalue weighted by molar-refractivity contribution is 9.10. The van der Waals surface area contributed by atoms with Crippen LogP contribution in [0.25, 0.3) is 0 Å². The minimum Gasteiger partial charge on any atom is -0.444 e. The number of furan rings is 1. The third-order valence-electron chi connectivity index (χ3n) is 4.56. The van der Waals surface area contributed by atoms with E-state index in [1.807, 2.05) is 48.5 Å². The third kappa shape index (κ3) is 3.66. The molecule has 1 aliphatic rings. The molecule has 6 heteroatoms. The lowest BCUT2D eigenvalue weighted by molar-refractivity contribution is 0.0921. The van der Waals surface area contributed by atoms with Crippen molar-refractivity contribution in [2.75, 3.05) is 11.4 Å². The van der Waals surface area contributed by atoms with E-state index in [1.54, 1.807) is 17.0 Å². The van der Waals surface area contributed by atoms with Crippen molar-refractivity contribution >= 4 is 33.4 Å². The van der Waals surface area contributed by atoms with Crippen molar-refractivity contribution in [2.24, 2.45) is 0 Å². The van der Waals surface area contributed by atoms with E-state index in [1.165, 1.54) is 0 Å². The summed E-state index contributed by atoms with van der Waals surface area (Å²) in [4.78, 5) is 26.8. The SMILES string of the molecule is O=C(NCc1ccc2c(c1)N(C(=O)c1ccccc1)CC2)c1ccc(Br)o1. The van der Waals surface area contributed by atoms with Gasteiger partial charge in [-0.3, -0.25) is 9.59 Å². The zero-order valence-corrected chi connectivity index (χ0v) is 16.0. The minimum atomic E-state index is -0.279. The van der Waals surface area contributed by atoms with Gasteiger partial charge in [0.15, 0.2) is 10.4 Å². The molecule has 0 spiro atoms. The highest BCUT2D eigenvalue weighted by atomic mass is 79.9. The maximum absolute atomic E-state index is 12.8. The lowest BCUT2D eigenvalue weighted by atomic mass is 10.1. The van der Waals surface area contributed by atoms with Gasteiger partial charge < -0.3 is 14.6 Å². The molecule has 2 heterocycles. The Morgan fingerprint density at radius 2 is 1.89 bits per heavy atom. The van der Waals surface area contributed by atoms with Crippen LogP contribution in [0.3, 0.4) is 0 Å². The summed E-state index contributed by atoms with van der Waals surface area (Å²) in [7, 11) is 0. The molecular weight excluding hydrogens is 408 g/mol. The standard InChI is InChI=1S/C21H17BrN2O3/c22-19-9-8-18(27-19)20(25)23-13-14-6-7-15-10-11-24(17(15)12-14)21(26)16-4-2-1-3-5-16/h1-9,12H,10-11,13H2,(H,23,25). The van der Waals surface area contributed by atoms with Gasteiger partial charge in [-0.05, 0) is 63.8 Å².